The fourth-order valence-electron chi connectivity index (χ4n) is 5.87. The summed E-state index contributed by atoms with van der Waals surface area (Å²) in [5.41, 5.74) is 9.26. The van der Waals surface area contributed by atoms with Gasteiger partial charge in [-0.2, -0.15) is 0 Å². The molecule has 0 aromatic heterocycles. The van der Waals surface area contributed by atoms with Gasteiger partial charge in [-0.3, -0.25) is 9.59 Å². The van der Waals surface area contributed by atoms with E-state index >= 15 is 0 Å². The minimum Gasteiger partial charge on any atom is -0.391 e. The van der Waals surface area contributed by atoms with Crippen molar-refractivity contribution in [1.82, 2.24) is 10.2 Å². The number of fused-ring (bicyclic) bond motifs is 1. The van der Waals surface area contributed by atoms with Crippen molar-refractivity contribution in [2.75, 3.05) is 19.6 Å². The summed E-state index contributed by atoms with van der Waals surface area (Å²) in [5.74, 6) is -1.30. The van der Waals surface area contributed by atoms with Crippen LogP contribution in [0.2, 0.25) is 0 Å². The number of aliphatic hydroxyl groups is 1. The summed E-state index contributed by atoms with van der Waals surface area (Å²) in [6.07, 6.45) is 1.18. The number of hydrogen-bond acceptors (Lipinski definition) is 4. The quantitative estimate of drug-likeness (QED) is 0.169. The van der Waals surface area contributed by atoms with Crippen LogP contribution in [0.25, 0.3) is 10.8 Å². The van der Waals surface area contributed by atoms with Crippen molar-refractivity contribution in [3.8, 4) is 0 Å². The summed E-state index contributed by atoms with van der Waals surface area (Å²) in [6.45, 7) is 7.66. The summed E-state index contributed by atoms with van der Waals surface area (Å²) in [5, 5.41) is 17.7. The average Bonchev–Trinajstić information content (AvgIpc) is 3.01. The Hall–Kier alpha value is -4.00. The first-order chi connectivity index (χ1) is 20.3. The van der Waals surface area contributed by atoms with Crippen LogP contribution in [-0.2, 0) is 6.42 Å². The largest absolute Gasteiger partial charge is 0.391 e. The number of carbonyl (C=O) groups is 2. The van der Waals surface area contributed by atoms with E-state index in [1.54, 1.807) is 18.2 Å². The molecule has 0 saturated heterocycles. The number of nitrogens with zero attached hydrogens (tertiary/aromatic N) is 1. The molecule has 0 radical (unpaired) electrons. The monoisotopic (exact) mass is 565 g/mol. The molecule has 2 amide bonds. The molecule has 4 aromatic carbocycles. The predicted octanol–water partition coefficient (Wildman–Crippen LogP) is 6.24. The minimum absolute atomic E-state index is 0.0415. The van der Waals surface area contributed by atoms with Gasteiger partial charge >= 0.3 is 0 Å². The van der Waals surface area contributed by atoms with Crippen LogP contribution in [0.4, 0.5) is 0 Å². The highest BCUT2D eigenvalue weighted by Gasteiger charge is 2.31. The highest BCUT2D eigenvalue weighted by atomic mass is 16.3. The molecule has 0 bridgehead atoms. The van der Waals surface area contributed by atoms with Crippen molar-refractivity contribution >= 4 is 22.6 Å². The molecule has 4 aromatic rings. The lowest BCUT2D eigenvalue weighted by molar-refractivity contribution is 0.0751. The number of rotatable bonds is 14. The fourth-order valence-corrected chi connectivity index (χ4v) is 5.87. The highest BCUT2D eigenvalue weighted by Crippen LogP contribution is 2.32. The zero-order valence-corrected chi connectivity index (χ0v) is 24.9. The van der Waals surface area contributed by atoms with E-state index in [1.807, 2.05) is 67.3 Å². The van der Waals surface area contributed by atoms with E-state index in [1.165, 1.54) is 0 Å². The second-order valence-electron chi connectivity index (χ2n) is 11.0. The molecular formula is C36H43N3O3. The summed E-state index contributed by atoms with van der Waals surface area (Å²) < 4.78 is 0. The van der Waals surface area contributed by atoms with Crippen LogP contribution >= 0.6 is 0 Å². The van der Waals surface area contributed by atoms with Crippen LogP contribution in [0.15, 0.2) is 91.0 Å². The molecule has 0 spiro atoms. The molecule has 0 aliphatic carbocycles. The SMILES string of the molecule is CCCN(CCC)C(=O)c1cccc(C(N)=O)c1[C@H](Cc1ccccc1)[C@@H](O)CN[C@@H](C)c1cccc2ccccc12. The lowest BCUT2D eigenvalue weighted by atomic mass is 9.81. The van der Waals surface area contributed by atoms with Crippen LogP contribution in [0.5, 0.6) is 0 Å². The van der Waals surface area contributed by atoms with Gasteiger partial charge in [0.15, 0.2) is 0 Å². The molecule has 0 aliphatic heterocycles. The van der Waals surface area contributed by atoms with E-state index in [2.05, 4.69) is 36.5 Å². The number of aliphatic hydroxyl groups excluding tert-OH is 1. The van der Waals surface area contributed by atoms with Gasteiger partial charge in [0.05, 0.1) is 6.10 Å². The van der Waals surface area contributed by atoms with Gasteiger partial charge in [0.1, 0.15) is 0 Å². The van der Waals surface area contributed by atoms with Crippen LogP contribution in [0.3, 0.4) is 0 Å². The molecule has 220 valence electrons. The standard InChI is InChI=1S/C36H43N3O3/c1-4-21-39(22-5-2)36(42)31-20-12-19-30(35(37)41)34(31)32(23-26-13-7-6-8-14-26)33(40)24-38-25(3)28-18-11-16-27-15-9-10-17-29(27)28/h6-20,25,32-33,38,40H,4-5,21-24H2,1-3H3,(H2,37,41)/t25-,32+,33-/m0/s1. The third-order valence-corrected chi connectivity index (χ3v) is 7.93. The maximum absolute atomic E-state index is 14.0. The van der Waals surface area contributed by atoms with E-state index in [0.29, 0.717) is 30.6 Å². The van der Waals surface area contributed by atoms with Gasteiger partial charge in [0, 0.05) is 42.7 Å². The second kappa shape index (κ2) is 14.8. The Morgan fingerprint density at radius 1 is 0.833 bits per heavy atom. The second-order valence-corrected chi connectivity index (χ2v) is 11.0. The van der Waals surface area contributed by atoms with Gasteiger partial charge in [-0.25, -0.2) is 0 Å². The maximum Gasteiger partial charge on any atom is 0.254 e. The van der Waals surface area contributed by atoms with Gasteiger partial charge in [0.25, 0.3) is 5.91 Å². The molecule has 6 heteroatoms. The molecule has 0 unspecified atom stereocenters. The van der Waals surface area contributed by atoms with Crippen molar-refractivity contribution in [1.29, 1.82) is 0 Å². The molecule has 6 nitrogen and oxygen atoms in total. The Labute approximate surface area is 249 Å². The zero-order valence-electron chi connectivity index (χ0n) is 24.9. The third-order valence-electron chi connectivity index (χ3n) is 7.93. The Morgan fingerprint density at radius 2 is 1.45 bits per heavy atom. The van der Waals surface area contributed by atoms with Gasteiger partial charge < -0.3 is 21.1 Å². The summed E-state index contributed by atoms with van der Waals surface area (Å²) in [6, 6.07) is 29.4. The lowest BCUT2D eigenvalue weighted by Crippen LogP contribution is -2.38. The Kier molecular flexibility index (Phi) is 10.9. The van der Waals surface area contributed by atoms with Gasteiger partial charge in [-0.1, -0.05) is 92.7 Å². The molecular weight excluding hydrogens is 522 g/mol. The summed E-state index contributed by atoms with van der Waals surface area (Å²) in [4.78, 5) is 28.6. The smallest absolute Gasteiger partial charge is 0.254 e. The van der Waals surface area contributed by atoms with Gasteiger partial charge in [-0.05, 0) is 65.8 Å². The van der Waals surface area contributed by atoms with Crippen LogP contribution in [-0.4, -0.2) is 47.6 Å². The van der Waals surface area contributed by atoms with E-state index < -0.39 is 17.9 Å². The van der Waals surface area contributed by atoms with E-state index in [-0.39, 0.29) is 24.1 Å². The van der Waals surface area contributed by atoms with Gasteiger partial charge in [-0.15, -0.1) is 0 Å². The van der Waals surface area contributed by atoms with E-state index in [9.17, 15) is 14.7 Å². The Balaban J connectivity index is 1.72. The molecule has 0 aliphatic rings. The van der Waals surface area contributed by atoms with Crippen LogP contribution in [0, 0.1) is 0 Å². The predicted molar refractivity (Wildman–Crippen MR) is 171 cm³/mol. The first-order valence-electron chi connectivity index (χ1n) is 15.0. The van der Waals surface area contributed by atoms with Crippen LogP contribution < -0.4 is 11.1 Å². The van der Waals surface area contributed by atoms with E-state index in [4.69, 9.17) is 5.73 Å². The van der Waals surface area contributed by atoms with E-state index in [0.717, 1.165) is 34.7 Å². The number of nitrogens with two attached hydrogens (primary N) is 1. The molecule has 42 heavy (non-hydrogen) atoms. The first kappa shape index (κ1) is 30.9. The summed E-state index contributed by atoms with van der Waals surface area (Å²) >= 11 is 0. The fraction of sp³-hybridized carbons (Fsp3) is 0.333. The number of nitrogens with one attached hydrogen (secondary N) is 1. The summed E-state index contributed by atoms with van der Waals surface area (Å²) in [7, 11) is 0. The zero-order chi connectivity index (χ0) is 30.1. The van der Waals surface area contributed by atoms with Crippen molar-refractivity contribution in [3.05, 3.63) is 119 Å². The van der Waals surface area contributed by atoms with Crippen molar-refractivity contribution in [2.24, 2.45) is 5.73 Å². The Morgan fingerprint density at radius 3 is 2.14 bits per heavy atom. The maximum atomic E-state index is 14.0. The van der Waals surface area contributed by atoms with Gasteiger partial charge in [0.2, 0.25) is 5.91 Å². The molecule has 4 N–H and O–H groups in total. The third kappa shape index (κ3) is 7.25. The first-order valence-corrected chi connectivity index (χ1v) is 15.0. The molecule has 4 rings (SSSR count). The molecule has 3 atom stereocenters. The van der Waals surface area contributed by atoms with Crippen molar-refractivity contribution in [3.63, 3.8) is 0 Å². The molecule has 0 saturated carbocycles. The number of carbonyl (C=O) groups excluding carboxylic acids is 2. The minimum atomic E-state index is -0.902. The van der Waals surface area contributed by atoms with Crippen LogP contribution in [0.1, 0.15) is 83.0 Å². The Bertz CT molecular complexity index is 1480. The number of hydrogen-bond donors (Lipinski definition) is 3. The average molecular weight is 566 g/mol. The number of primary amides is 1. The normalized spacial score (nSPS) is 13.4. The lowest BCUT2D eigenvalue weighted by Gasteiger charge is -2.30. The van der Waals surface area contributed by atoms with Crippen molar-refractivity contribution < 1.29 is 14.7 Å². The molecule has 0 heterocycles. The highest BCUT2D eigenvalue weighted by molar-refractivity contribution is 6.02. The van der Waals surface area contributed by atoms with Crippen molar-refractivity contribution in [2.45, 2.75) is 58.1 Å². The number of benzene rings is 4. The molecule has 0 fully saturated rings. The number of amides is 2. The topological polar surface area (TPSA) is 95.7 Å².